The summed E-state index contributed by atoms with van der Waals surface area (Å²) in [5.41, 5.74) is 1.42. The number of amides is 1. The zero-order valence-electron chi connectivity index (χ0n) is 13.1. The maximum atomic E-state index is 11.9. The van der Waals surface area contributed by atoms with Crippen molar-refractivity contribution in [2.24, 2.45) is 0 Å². The van der Waals surface area contributed by atoms with E-state index >= 15 is 0 Å². The summed E-state index contributed by atoms with van der Waals surface area (Å²) in [4.78, 5) is 30.3. The summed E-state index contributed by atoms with van der Waals surface area (Å²) in [5, 5.41) is 3.29. The average molecular weight is 333 g/mol. The van der Waals surface area contributed by atoms with Crippen LogP contribution in [-0.2, 0) is 17.8 Å². The van der Waals surface area contributed by atoms with Gasteiger partial charge in [0.15, 0.2) is 5.16 Å². The highest BCUT2D eigenvalue weighted by Gasteiger charge is 2.07. The number of nitrogens with one attached hydrogen (secondary N) is 2. The Labute approximate surface area is 138 Å². The molecule has 0 atom stereocenters. The highest BCUT2D eigenvalue weighted by atomic mass is 32.2. The highest BCUT2D eigenvalue weighted by molar-refractivity contribution is 7.99. The van der Waals surface area contributed by atoms with Crippen molar-refractivity contribution in [3.05, 3.63) is 51.9 Å². The van der Waals surface area contributed by atoms with Gasteiger partial charge in [0, 0.05) is 23.9 Å². The Kier molecular flexibility index (Phi) is 6.22. The van der Waals surface area contributed by atoms with Crippen LogP contribution in [0, 0.1) is 0 Å². The van der Waals surface area contributed by atoms with Gasteiger partial charge in [-0.25, -0.2) is 4.98 Å². The highest BCUT2D eigenvalue weighted by Crippen LogP contribution is 2.17. The fraction of sp³-hybridized carbons (Fsp3) is 0.312. The zero-order chi connectivity index (χ0) is 16.7. The number of thioether (sulfide) groups is 1. The molecule has 1 heterocycles. The second-order valence-corrected chi connectivity index (χ2v) is 5.74. The average Bonchev–Trinajstić information content (AvgIpc) is 2.57. The minimum absolute atomic E-state index is 0.134. The number of ether oxygens (including phenoxy) is 1. The summed E-state index contributed by atoms with van der Waals surface area (Å²) < 4.78 is 5.24. The van der Waals surface area contributed by atoms with Crippen molar-refractivity contribution in [1.29, 1.82) is 0 Å². The van der Waals surface area contributed by atoms with Crippen LogP contribution in [0.2, 0.25) is 0 Å². The molecule has 122 valence electrons. The minimum Gasteiger partial charge on any atom is -0.496 e. The van der Waals surface area contributed by atoms with Crippen LogP contribution in [0.15, 0.2) is 40.3 Å². The number of para-hydroxylation sites is 1. The molecule has 1 aromatic carbocycles. The quantitative estimate of drug-likeness (QED) is 0.596. The number of hydrogen-bond acceptors (Lipinski definition) is 5. The maximum Gasteiger partial charge on any atom is 0.251 e. The first-order chi connectivity index (χ1) is 11.1. The molecule has 0 spiro atoms. The lowest BCUT2D eigenvalue weighted by atomic mass is 10.2. The van der Waals surface area contributed by atoms with Crippen molar-refractivity contribution in [2.45, 2.75) is 25.0 Å². The van der Waals surface area contributed by atoms with Crippen LogP contribution >= 0.6 is 11.8 Å². The molecule has 0 aliphatic rings. The van der Waals surface area contributed by atoms with Crippen LogP contribution in [0.3, 0.4) is 0 Å². The molecule has 0 saturated heterocycles. The Hall–Kier alpha value is -2.28. The first-order valence-electron chi connectivity index (χ1n) is 7.24. The second kappa shape index (κ2) is 8.38. The summed E-state index contributed by atoms with van der Waals surface area (Å²) >= 11 is 1.21. The van der Waals surface area contributed by atoms with Crippen molar-refractivity contribution in [3.8, 4) is 5.75 Å². The Morgan fingerprint density at radius 3 is 2.91 bits per heavy atom. The van der Waals surface area contributed by atoms with Crippen molar-refractivity contribution >= 4 is 17.7 Å². The van der Waals surface area contributed by atoms with E-state index in [1.165, 1.54) is 17.8 Å². The Balaban J connectivity index is 1.88. The van der Waals surface area contributed by atoms with Gasteiger partial charge in [-0.1, -0.05) is 36.9 Å². The number of aromatic nitrogens is 2. The van der Waals surface area contributed by atoms with E-state index in [0.717, 1.165) is 11.3 Å². The first-order valence-corrected chi connectivity index (χ1v) is 8.22. The zero-order valence-corrected chi connectivity index (χ0v) is 13.9. The molecule has 6 nitrogen and oxygen atoms in total. The summed E-state index contributed by atoms with van der Waals surface area (Å²) in [6.45, 7) is 2.32. The van der Waals surface area contributed by atoms with E-state index in [0.29, 0.717) is 23.8 Å². The lowest BCUT2D eigenvalue weighted by Gasteiger charge is -2.09. The number of carbonyl (C=O) groups excluding carboxylic acids is 1. The lowest BCUT2D eigenvalue weighted by Crippen LogP contribution is -2.25. The molecule has 0 bridgehead atoms. The van der Waals surface area contributed by atoms with Gasteiger partial charge in [-0.05, 0) is 12.5 Å². The molecule has 0 aliphatic carbocycles. The molecule has 7 heteroatoms. The van der Waals surface area contributed by atoms with E-state index in [9.17, 15) is 9.59 Å². The third-order valence-corrected chi connectivity index (χ3v) is 4.02. The fourth-order valence-electron chi connectivity index (χ4n) is 1.96. The van der Waals surface area contributed by atoms with Gasteiger partial charge in [0.05, 0.1) is 12.9 Å². The molecular weight excluding hydrogens is 314 g/mol. The number of carbonyl (C=O) groups is 1. The predicted octanol–water partition coefficient (Wildman–Crippen LogP) is 1.75. The molecule has 0 saturated carbocycles. The molecule has 1 aromatic heterocycles. The lowest BCUT2D eigenvalue weighted by molar-refractivity contribution is -0.118. The van der Waals surface area contributed by atoms with Gasteiger partial charge in [-0.15, -0.1) is 0 Å². The summed E-state index contributed by atoms with van der Waals surface area (Å²) in [5.74, 6) is 0.790. The van der Waals surface area contributed by atoms with E-state index in [1.54, 1.807) is 7.11 Å². The van der Waals surface area contributed by atoms with Gasteiger partial charge in [0.1, 0.15) is 5.75 Å². The van der Waals surface area contributed by atoms with Crippen LogP contribution < -0.4 is 15.6 Å². The predicted molar refractivity (Wildman–Crippen MR) is 89.8 cm³/mol. The first kappa shape index (κ1) is 17.1. The number of H-pyrrole nitrogens is 1. The number of rotatable bonds is 7. The molecule has 0 fully saturated rings. The Morgan fingerprint density at radius 1 is 1.39 bits per heavy atom. The number of nitrogens with zero attached hydrogens (tertiary/aromatic N) is 1. The molecule has 2 rings (SSSR count). The van der Waals surface area contributed by atoms with Crippen LogP contribution in [0.1, 0.15) is 18.2 Å². The number of hydrogen-bond donors (Lipinski definition) is 2. The van der Waals surface area contributed by atoms with Gasteiger partial charge >= 0.3 is 0 Å². The SMILES string of the molecule is CCc1cc(=O)[nH]c(SCC(=O)NCc2ccccc2OC)n1. The number of aryl methyl sites for hydroxylation is 1. The molecule has 0 unspecified atom stereocenters. The van der Waals surface area contributed by atoms with Crippen molar-refractivity contribution < 1.29 is 9.53 Å². The van der Waals surface area contributed by atoms with Crippen molar-refractivity contribution in [3.63, 3.8) is 0 Å². The Bertz CT molecular complexity index is 731. The topological polar surface area (TPSA) is 84.1 Å². The third kappa shape index (κ3) is 5.14. The van der Waals surface area contributed by atoms with Crippen LogP contribution in [-0.4, -0.2) is 28.7 Å². The molecule has 1 amide bonds. The van der Waals surface area contributed by atoms with Gasteiger partial charge in [0.2, 0.25) is 5.91 Å². The summed E-state index contributed by atoms with van der Waals surface area (Å²) in [7, 11) is 1.60. The normalized spacial score (nSPS) is 10.3. The Morgan fingerprint density at radius 2 is 2.17 bits per heavy atom. The smallest absolute Gasteiger partial charge is 0.251 e. The second-order valence-electron chi connectivity index (χ2n) is 4.77. The van der Waals surface area contributed by atoms with Gasteiger partial charge < -0.3 is 15.0 Å². The molecule has 23 heavy (non-hydrogen) atoms. The molecular formula is C16H19N3O3S. The van der Waals surface area contributed by atoms with E-state index in [-0.39, 0.29) is 17.2 Å². The number of methoxy groups -OCH3 is 1. The van der Waals surface area contributed by atoms with Crippen LogP contribution in [0.4, 0.5) is 0 Å². The summed E-state index contributed by atoms with van der Waals surface area (Å²) in [6.07, 6.45) is 0.678. The standard InChI is InChI=1S/C16H19N3O3S/c1-3-12-8-14(20)19-16(18-12)23-10-15(21)17-9-11-6-4-5-7-13(11)22-2/h4-8H,3,9-10H2,1-2H3,(H,17,21)(H,18,19,20). The van der Waals surface area contributed by atoms with Gasteiger partial charge in [0.25, 0.3) is 5.56 Å². The van der Waals surface area contributed by atoms with E-state index < -0.39 is 0 Å². The van der Waals surface area contributed by atoms with Crippen LogP contribution in [0.25, 0.3) is 0 Å². The third-order valence-electron chi connectivity index (χ3n) is 3.14. The number of benzene rings is 1. The maximum absolute atomic E-state index is 11.9. The van der Waals surface area contributed by atoms with Crippen molar-refractivity contribution in [1.82, 2.24) is 15.3 Å². The van der Waals surface area contributed by atoms with Gasteiger partial charge in [-0.2, -0.15) is 0 Å². The minimum atomic E-state index is -0.200. The molecule has 2 N–H and O–H groups in total. The van der Waals surface area contributed by atoms with Crippen molar-refractivity contribution in [2.75, 3.05) is 12.9 Å². The monoisotopic (exact) mass is 333 g/mol. The fourth-order valence-corrected chi connectivity index (χ4v) is 2.69. The number of aromatic amines is 1. The van der Waals surface area contributed by atoms with E-state index in [1.807, 2.05) is 31.2 Å². The molecule has 0 radical (unpaired) electrons. The van der Waals surface area contributed by atoms with Gasteiger partial charge in [-0.3, -0.25) is 9.59 Å². The van der Waals surface area contributed by atoms with Crippen LogP contribution in [0.5, 0.6) is 5.75 Å². The molecule has 0 aliphatic heterocycles. The summed E-state index contributed by atoms with van der Waals surface area (Å²) in [6, 6.07) is 8.98. The van der Waals surface area contributed by atoms with E-state index in [2.05, 4.69) is 15.3 Å². The molecule has 2 aromatic rings. The largest absolute Gasteiger partial charge is 0.496 e. The van der Waals surface area contributed by atoms with E-state index in [4.69, 9.17) is 4.74 Å².